The largest absolute Gasteiger partial charge is 0.458 e. The summed E-state index contributed by atoms with van der Waals surface area (Å²) in [7, 11) is 0. The van der Waals surface area contributed by atoms with Gasteiger partial charge in [-0.1, -0.05) is 25.8 Å². The van der Waals surface area contributed by atoms with Crippen LogP contribution in [-0.4, -0.2) is 57.0 Å². The molecule has 3 aliphatic rings. The number of thiazole rings is 1. The zero-order valence-corrected chi connectivity index (χ0v) is 23.0. The average Bonchev–Trinajstić information content (AvgIpc) is 3.23. The molecule has 2 N–H and O–H groups in total. The fourth-order valence-electron chi connectivity index (χ4n) is 6.01. The molecule has 37 heavy (non-hydrogen) atoms. The smallest absolute Gasteiger partial charge is 0.309 e. The number of esters is 1. The van der Waals surface area contributed by atoms with E-state index in [4.69, 9.17) is 9.47 Å². The highest BCUT2D eigenvalue weighted by atomic mass is 32.1. The first-order chi connectivity index (χ1) is 17.6. The fourth-order valence-corrected chi connectivity index (χ4v) is 6.59. The molecular weight excluding hydrogens is 490 g/mol. The van der Waals surface area contributed by atoms with E-state index in [2.05, 4.69) is 18.5 Å². The van der Waals surface area contributed by atoms with E-state index in [1.165, 1.54) is 0 Å². The van der Waals surface area contributed by atoms with Crippen molar-refractivity contribution in [3.63, 3.8) is 0 Å². The predicted octanol–water partition coefficient (Wildman–Crippen LogP) is 4.79. The van der Waals surface area contributed by atoms with E-state index in [0.29, 0.717) is 25.7 Å². The lowest BCUT2D eigenvalue weighted by molar-refractivity contribution is -0.161. The SMILES string of the molecule is C=CCC1C(=O)C2(CCC2)C(O)CC(=O)OC(/C=C/c2csc(C)n2)CC2OC2(C)CCCC(C)C1O. The van der Waals surface area contributed by atoms with Gasteiger partial charge in [0.15, 0.2) is 0 Å². The Labute approximate surface area is 224 Å². The standard InChI is InChI=1S/C29H41NO6S/c1-5-8-22-26(33)18(2)9-6-12-28(4)24(36-28)15-21(11-10-20-17-37-19(3)30-20)35-25(32)16-23(31)29(27(22)34)13-7-14-29/h5,10-11,17-18,21-24,26,31,33H,1,6-9,12-16H2,2-4H3/b11-10+. The van der Waals surface area contributed by atoms with Crippen molar-refractivity contribution in [1.82, 2.24) is 4.98 Å². The molecule has 7 nitrogen and oxygen atoms in total. The Kier molecular flexibility index (Phi) is 8.73. The molecule has 1 aliphatic carbocycles. The quantitative estimate of drug-likeness (QED) is 0.327. The lowest BCUT2D eigenvalue weighted by Gasteiger charge is -2.46. The number of hydrogen-bond donors (Lipinski definition) is 2. The molecule has 2 saturated heterocycles. The molecule has 0 bridgehead atoms. The monoisotopic (exact) mass is 531 g/mol. The first-order valence-corrected chi connectivity index (χ1v) is 14.4. The average molecular weight is 532 g/mol. The predicted molar refractivity (Wildman–Crippen MR) is 143 cm³/mol. The topological polar surface area (TPSA) is 109 Å². The molecule has 0 amide bonds. The molecule has 8 heteroatoms. The Hall–Kier alpha value is -1.87. The normalized spacial score (nSPS) is 37.1. The summed E-state index contributed by atoms with van der Waals surface area (Å²) < 4.78 is 11.9. The van der Waals surface area contributed by atoms with Crippen LogP contribution in [0.1, 0.15) is 82.3 Å². The van der Waals surface area contributed by atoms with Gasteiger partial charge in [-0.25, -0.2) is 4.98 Å². The van der Waals surface area contributed by atoms with E-state index in [0.717, 1.165) is 36.4 Å². The number of carbonyl (C=O) groups is 2. The number of ketones is 1. The highest BCUT2D eigenvalue weighted by Crippen LogP contribution is 2.49. The van der Waals surface area contributed by atoms with Gasteiger partial charge in [0.05, 0.1) is 46.5 Å². The Balaban J connectivity index is 1.57. The molecule has 1 aromatic rings. The van der Waals surface area contributed by atoms with Gasteiger partial charge in [0.1, 0.15) is 11.9 Å². The third-order valence-electron chi connectivity index (χ3n) is 8.70. The molecular formula is C29H41NO6S. The van der Waals surface area contributed by atoms with Crippen molar-refractivity contribution in [1.29, 1.82) is 0 Å². The third-order valence-corrected chi connectivity index (χ3v) is 9.49. The molecule has 0 aromatic carbocycles. The Bertz CT molecular complexity index is 1020. The maximum Gasteiger partial charge on any atom is 0.309 e. The van der Waals surface area contributed by atoms with Gasteiger partial charge in [0.25, 0.3) is 0 Å². The van der Waals surface area contributed by atoms with Crippen molar-refractivity contribution in [2.75, 3.05) is 0 Å². The second kappa shape index (κ2) is 11.5. The van der Waals surface area contributed by atoms with Crippen molar-refractivity contribution >= 4 is 29.2 Å². The van der Waals surface area contributed by atoms with Crippen molar-refractivity contribution in [3.05, 3.63) is 34.8 Å². The molecule has 7 unspecified atom stereocenters. The maximum atomic E-state index is 13.8. The number of cyclic esters (lactones) is 1. The van der Waals surface area contributed by atoms with E-state index in [-0.39, 0.29) is 29.8 Å². The van der Waals surface area contributed by atoms with Crippen LogP contribution in [0, 0.1) is 24.2 Å². The minimum absolute atomic E-state index is 0.0433. The van der Waals surface area contributed by atoms with Gasteiger partial charge >= 0.3 is 5.97 Å². The van der Waals surface area contributed by atoms with E-state index in [1.54, 1.807) is 17.4 Å². The Morgan fingerprint density at radius 1 is 1.24 bits per heavy atom. The highest BCUT2D eigenvalue weighted by Gasteiger charge is 2.55. The Morgan fingerprint density at radius 2 is 2.00 bits per heavy atom. The van der Waals surface area contributed by atoms with Crippen LogP contribution in [0.5, 0.6) is 0 Å². The van der Waals surface area contributed by atoms with Crippen LogP contribution in [0.4, 0.5) is 0 Å². The summed E-state index contributed by atoms with van der Waals surface area (Å²) >= 11 is 1.56. The molecule has 1 spiro atoms. The van der Waals surface area contributed by atoms with E-state index >= 15 is 0 Å². The minimum Gasteiger partial charge on any atom is -0.458 e. The summed E-state index contributed by atoms with van der Waals surface area (Å²) in [5.74, 6) is -1.43. The first kappa shape index (κ1) is 28.1. The molecule has 7 atom stereocenters. The summed E-state index contributed by atoms with van der Waals surface area (Å²) in [6.45, 7) is 9.79. The van der Waals surface area contributed by atoms with Crippen LogP contribution in [0.3, 0.4) is 0 Å². The molecule has 4 rings (SSSR count). The summed E-state index contributed by atoms with van der Waals surface area (Å²) in [4.78, 5) is 31.3. The number of aliphatic hydroxyl groups is 2. The van der Waals surface area contributed by atoms with Crippen LogP contribution in [0.2, 0.25) is 0 Å². The number of aliphatic hydroxyl groups excluding tert-OH is 2. The van der Waals surface area contributed by atoms with Gasteiger partial charge in [-0.3, -0.25) is 9.59 Å². The van der Waals surface area contributed by atoms with E-state index < -0.39 is 35.6 Å². The molecule has 1 saturated carbocycles. The second-order valence-corrected chi connectivity index (χ2v) is 12.5. The minimum atomic E-state index is -1.16. The number of epoxide rings is 1. The number of allylic oxidation sites excluding steroid dienone is 1. The molecule has 3 heterocycles. The van der Waals surface area contributed by atoms with Crippen molar-refractivity contribution in [3.8, 4) is 0 Å². The number of hydrogen-bond acceptors (Lipinski definition) is 8. The highest BCUT2D eigenvalue weighted by molar-refractivity contribution is 7.09. The van der Waals surface area contributed by atoms with Crippen LogP contribution < -0.4 is 0 Å². The zero-order valence-electron chi connectivity index (χ0n) is 22.2. The van der Waals surface area contributed by atoms with E-state index in [1.807, 2.05) is 31.4 Å². The van der Waals surface area contributed by atoms with Crippen LogP contribution >= 0.6 is 11.3 Å². The lowest BCUT2D eigenvalue weighted by atomic mass is 9.58. The van der Waals surface area contributed by atoms with Crippen molar-refractivity contribution in [2.45, 2.75) is 109 Å². The molecule has 1 aromatic heterocycles. The van der Waals surface area contributed by atoms with Crippen molar-refractivity contribution in [2.24, 2.45) is 17.3 Å². The zero-order chi connectivity index (χ0) is 26.8. The molecule has 204 valence electrons. The summed E-state index contributed by atoms with van der Waals surface area (Å²) in [6, 6.07) is 0. The number of carbonyl (C=O) groups excluding carboxylic acids is 2. The third kappa shape index (κ3) is 6.24. The second-order valence-electron chi connectivity index (χ2n) is 11.4. The molecule has 2 aliphatic heterocycles. The number of Topliss-reactive ketones (excluding diaryl/α,β-unsaturated/α-hetero) is 1. The van der Waals surface area contributed by atoms with Gasteiger partial charge < -0.3 is 19.7 Å². The number of aryl methyl sites for hydroxylation is 1. The lowest BCUT2D eigenvalue weighted by Crippen LogP contribution is -2.53. The number of ether oxygens (including phenoxy) is 2. The summed E-state index contributed by atoms with van der Waals surface area (Å²) in [5, 5.41) is 25.3. The van der Waals surface area contributed by atoms with Crippen molar-refractivity contribution < 1.29 is 29.3 Å². The molecule has 0 radical (unpaired) electrons. The van der Waals surface area contributed by atoms with Gasteiger partial charge in [-0.05, 0) is 64.0 Å². The summed E-state index contributed by atoms with van der Waals surface area (Å²) in [5.41, 5.74) is -0.514. The van der Waals surface area contributed by atoms with Crippen LogP contribution in [-0.2, 0) is 19.1 Å². The van der Waals surface area contributed by atoms with E-state index in [9.17, 15) is 19.8 Å². The summed E-state index contributed by atoms with van der Waals surface area (Å²) in [6.07, 6.45) is 7.67. The molecule has 3 fully saturated rings. The number of rotatable bonds is 4. The number of fused-ring (bicyclic) bond motifs is 1. The van der Waals surface area contributed by atoms with Gasteiger partial charge in [-0.2, -0.15) is 0 Å². The van der Waals surface area contributed by atoms with Gasteiger partial charge in [0, 0.05) is 17.7 Å². The van der Waals surface area contributed by atoms with Crippen LogP contribution in [0.15, 0.2) is 24.1 Å². The maximum absolute atomic E-state index is 13.8. The Morgan fingerprint density at radius 3 is 2.62 bits per heavy atom. The fraction of sp³-hybridized carbons (Fsp3) is 0.690. The number of aromatic nitrogens is 1. The first-order valence-electron chi connectivity index (χ1n) is 13.6. The number of nitrogens with zero attached hydrogens (tertiary/aromatic N) is 1. The van der Waals surface area contributed by atoms with Gasteiger partial charge in [-0.15, -0.1) is 17.9 Å². The van der Waals surface area contributed by atoms with Gasteiger partial charge in [0.2, 0.25) is 0 Å². The van der Waals surface area contributed by atoms with Crippen LogP contribution in [0.25, 0.3) is 6.08 Å².